The molecule has 1 N–H and O–H groups in total. The molecule has 0 atom stereocenters. The van der Waals surface area contributed by atoms with Gasteiger partial charge in [0, 0.05) is 11.6 Å². The van der Waals surface area contributed by atoms with Gasteiger partial charge in [-0.3, -0.25) is 4.79 Å². The minimum atomic E-state index is -0.183. The molecule has 0 radical (unpaired) electrons. The summed E-state index contributed by atoms with van der Waals surface area (Å²) < 4.78 is 5.58. The second-order valence-corrected chi connectivity index (χ2v) is 6.11. The Morgan fingerprint density at radius 3 is 2.30 bits per heavy atom. The van der Waals surface area contributed by atoms with Crippen LogP contribution in [0, 0.1) is 5.92 Å². The Labute approximate surface area is 163 Å². The molecular weight excluding hydrogens is 336 g/mol. The molecule has 1 aliphatic rings. The van der Waals surface area contributed by atoms with Crippen LogP contribution in [0.1, 0.15) is 62.9 Å². The van der Waals surface area contributed by atoms with Crippen molar-refractivity contribution in [3.8, 4) is 11.5 Å². The summed E-state index contributed by atoms with van der Waals surface area (Å²) in [6.07, 6.45) is 7.78. The number of phenolic OH excluding ortho intramolecular Hbond substituents is 1. The first-order chi connectivity index (χ1) is 13.2. The lowest BCUT2D eigenvalue weighted by Gasteiger charge is -2.08. The van der Waals surface area contributed by atoms with Gasteiger partial charge in [0.2, 0.25) is 0 Å². The van der Waals surface area contributed by atoms with E-state index in [0.717, 1.165) is 6.42 Å². The van der Waals surface area contributed by atoms with Gasteiger partial charge in [0.1, 0.15) is 11.5 Å². The monoisotopic (exact) mass is 368 g/mol. The van der Waals surface area contributed by atoms with E-state index in [1.807, 2.05) is 26.8 Å². The number of allylic oxidation sites excluding steroid dienone is 2. The smallest absolute Gasteiger partial charge is 0.196 e. The molecule has 27 heavy (non-hydrogen) atoms. The molecule has 3 heteroatoms. The third-order valence-corrected chi connectivity index (χ3v) is 3.90. The summed E-state index contributed by atoms with van der Waals surface area (Å²) in [6, 6.07) is 13.8. The van der Waals surface area contributed by atoms with Crippen molar-refractivity contribution in [1.29, 1.82) is 0 Å². The van der Waals surface area contributed by atoms with Crippen molar-refractivity contribution in [3.63, 3.8) is 0 Å². The summed E-state index contributed by atoms with van der Waals surface area (Å²) in [5.74, 6) is 1.05. The highest BCUT2D eigenvalue weighted by Crippen LogP contribution is 2.31. The number of hydrogen-bond donors (Lipinski definition) is 1. The number of ether oxygens (including phenoxy) is 1. The molecular formula is C24H32O3. The number of hydrogen-bond acceptors (Lipinski definition) is 3. The zero-order valence-electron chi connectivity index (χ0n) is 16.9. The molecule has 0 spiro atoms. The van der Waals surface area contributed by atoms with Crippen LogP contribution in [0.3, 0.4) is 0 Å². The lowest BCUT2D eigenvalue weighted by Crippen LogP contribution is -2.03. The van der Waals surface area contributed by atoms with Crippen molar-refractivity contribution in [3.05, 3.63) is 71.8 Å². The van der Waals surface area contributed by atoms with Gasteiger partial charge in [-0.25, -0.2) is 0 Å². The predicted molar refractivity (Wildman–Crippen MR) is 113 cm³/mol. The number of carbonyl (C=O) groups is 1. The summed E-state index contributed by atoms with van der Waals surface area (Å²) in [5, 5.41) is 10.0. The Balaban J connectivity index is 0.000000454. The van der Waals surface area contributed by atoms with Crippen molar-refractivity contribution >= 4 is 5.78 Å². The minimum absolute atomic E-state index is 0.0350. The fraction of sp³-hybridized carbons (Fsp3) is 0.375. The van der Waals surface area contributed by atoms with E-state index in [1.54, 1.807) is 36.4 Å². The molecule has 1 fully saturated rings. The van der Waals surface area contributed by atoms with Crippen LogP contribution in [0.15, 0.2) is 60.7 Å². The molecule has 2 aromatic carbocycles. The third-order valence-electron chi connectivity index (χ3n) is 3.90. The van der Waals surface area contributed by atoms with Gasteiger partial charge >= 0.3 is 0 Å². The first-order valence-corrected chi connectivity index (χ1v) is 9.82. The molecule has 146 valence electrons. The van der Waals surface area contributed by atoms with Crippen molar-refractivity contribution in [2.75, 3.05) is 6.61 Å². The lowest BCUT2D eigenvalue weighted by molar-refractivity contribution is 0.103. The van der Waals surface area contributed by atoms with Gasteiger partial charge in [0.05, 0.1) is 12.2 Å². The molecule has 0 aromatic heterocycles. The standard InChI is InChI=1S/C17H16O3.C5H10.C2H6/c18-16-10-14(20-11-12-6-7-12)8-9-15(16)17(19)13-4-2-1-3-5-13;1-3-5-4-2;1-2/h1-5,8-10,12,18H,6-7,11H2;3,5H,4H2,1-2H3;1-2H3. The van der Waals surface area contributed by atoms with E-state index in [0.29, 0.717) is 29.4 Å². The number of rotatable bonds is 6. The maximum Gasteiger partial charge on any atom is 0.196 e. The van der Waals surface area contributed by atoms with Gasteiger partial charge in [-0.15, -0.1) is 0 Å². The van der Waals surface area contributed by atoms with Crippen LogP contribution in [0.2, 0.25) is 0 Å². The van der Waals surface area contributed by atoms with E-state index in [4.69, 9.17) is 4.74 Å². The molecule has 0 saturated heterocycles. The Kier molecular flexibility index (Phi) is 10.6. The number of phenols is 1. The van der Waals surface area contributed by atoms with Crippen molar-refractivity contribution in [1.82, 2.24) is 0 Å². The summed E-state index contributed by atoms with van der Waals surface area (Å²) in [6.45, 7) is 8.84. The summed E-state index contributed by atoms with van der Waals surface area (Å²) in [7, 11) is 0. The zero-order chi connectivity index (χ0) is 20.1. The van der Waals surface area contributed by atoms with Crippen LogP contribution >= 0.6 is 0 Å². The summed E-state index contributed by atoms with van der Waals surface area (Å²) >= 11 is 0. The quantitative estimate of drug-likeness (QED) is 0.473. The topological polar surface area (TPSA) is 46.5 Å². The van der Waals surface area contributed by atoms with Crippen LogP contribution in [0.5, 0.6) is 11.5 Å². The highest BCUT2D eigenvalue weighted by atomic mass is 16.5. The molecule has 3 rings (SSSR count). The van der Waals surface area contributed by atoms with E-state index < -0.39 is 0 Å². The predicted octanol–water partition coefficient (Wildman–Crippen LogP) is 6.41. The number of benzene rings is 2. The van der Waals surface area contributed by atoms with Gasteiger partial charge in [0.15, 0.2) is 5.78 Å². The van der Waals surface area contributed by atoms with E-state index >= 15 is 0 Å². The number of ketones is 1. The van der Waals surface area contributed by atoms with Crippen molar-refractivity contribution in [2.45, 2.75) is 47.0 Å². The number of aromatic hydroxyl groups is 1. The van der Waals surface area contributed by atoms with Gasteiger partial charge in [-0.1, -0.05) is 63.3 Å². The average Bonchev–Trinajstić information content (AvgIpc) is 3.54. The van der Waals surface area contributed by atoms with E-state index in [2.05, 4.69) is 19.1 Å². The molecule has 1 aliphatic carbocycles. The lowest BCUT2D eigenvalue weighted by atomic mass is 10.0. The molecule has 0 heterocycles. The summed E-state index contributed by atoms with van der Waals surface area (Å²) in [4.78, 5) is 12.3. The number of carbonyl (C=O) groups excluding carboxylic acids is 1. The fourth-order valence-electron chi connectivity index (χ4n) is 2.27. The maximum atomic E-state index is 12.3. The molecule has 0 unspecified atom stereocenters. The second kappa shape index (κ2) is 12.7. The van der Waals surface area contributed by atoms with Crippen LogP contribution in [-0.4, -0.2) is 17.5 Å². The molecule has 0 aliphatic heterocycles. The van der Waals surface area contributed by atoms with Crippen LogP contribution in [0.4, 0.5) is 0 Å². The van der Waals surface area contributed by atoms with E-state index in [1.165, 1.54) is 18.9 Å². The largest absolute Gasteiger partial charge is 0.507 e. The van der Waals surface area contributed by atoms with E-state index in [-0.39, 0.29) is 11.5 Å². The first-order valence-electron chi connectivity index (χ1n) is 9.82. The minimum Gasteiger partial charge on any atom is -0.507 e. The Hall–Kier alpha value is -2.55. The van der Waals surface area contributed by atoms with Gasteiger partial charge in [0.25, 0.3) is 0 Å². The highest BCUT2D eigenvalue weighted by molar-refractivity contribution is 6.10. The fourth-order valence-corrected chi connectivity index (χ4v) is 2.27. The molecule has 0 amide bonds. The highest BCUT2D eigenvalue weighted by Gasteiger charge is 2.22. The zero-order valence-corrected chi connectivity index (χ0v) is 16.9. The van der Waals surface area contributed by atoms with E-state index in [9.17, 15) is 9.90 Å². The maximum absolute atomic E-state index is 12.3. The molecule has 3 nitrogen and oxygen atoms in total. The van der Waals surface area contributed by atoms with Crippen LogP contribution < -0.4 is 4.74 Å². The Morgan fingerprint density at radius 2 is 1.81 bits per heavy atom. The van der Waals surface area contributed by atoms with Crippen molar-refractivity contribution in [2.24, 2.45) is 5.92 Å². The molecule has 1 saturated carbocycles. The van der Waals surface area contributed by atoms with Gasteiger partial charge in [-0.2, -0.15) is 0 Å². The first kappa shape index (κ1) is 22.5. The summed E-state index contributed by atoms with van der Waals surface area (Å²) in [5.41, 5.74) is 0.865. The Bertz CT molecular complexity index is 701. The normalized spacial score (nSPS) is 12.4. The van der Waals surface area contributed by atoms with Gasteiger partial charge < -0.3 is 9.84 Å². The second-order valence-electron chi connectivity index (χ2n) is 6.11. The van der Waals surface area contributed by atoms with Crippen LogP contribution in [0.25, 0.3) is 0 Å². The molecule has 0 bridgehead atoms. The third kappa shape index (κ3) is 8.12. The van der Waals surface area contributed by atoms with Crippen molar-refractivity contribution < 1.29 is 14.6 Å². The SMILES string of the molecule is CC.CC=CCC.O=C(c1ccccc1)c1ccc(OCC2CC2)cc1O. The Morgan fingerprint density at radius 1 is 1.15 bits per heavy atom. The average molecular weight is 369 g/mol. The molecule has 2 aromatic rings. The van der Waals surface area contributed by atoms with Gasteiger partial charge in [-0.05, 0) is 44.2 Å². The van der Waals surface area contributed by atoms with Crippen LogP contribution in [-0.2, 0) is 0 Å².